The lowest BCUT2D eigenvalue weighted by atomic mass is 10.0. The fourth-order valence-corrected chi connectivity index (χ4v) is 2.02. The Morgan fingerprint density at radius 1 is 1.21 bits per heavy atom. The number of aromatic nitrogens is 1. The normalized spacial score (nSPS) is 10.8. The predicted octanol–water partition coefficient (Wildman–Crippen LogP) is 5.04. The zero-order valence-corrected chi connectivity index (χ0v) is 12.2. The van der Waals surface area contributed by atoms with E-state index in [9.17, 15) is 0 Å². The highest BCUT2D eigenvalue weighted by Crippen LogP contribution is 2.30. The molecule has 0 N–H and O–H groups in total. The van der Waals surface area contributed by atoms with Crippen molar-refractivity contribution in [2.75, 3.05) is 0 Å². The van der Waals surface area contributed by atoms with Gasteiger partial charge in [0, 0.05) is 18.0 Å². The molecule has 2 rings (SSSR count). The second kappa shape index (κ2) is 6.07. The molecule has 0 aliphatic carbocycles. The van der Waals surface area contributed by atoms with Gasteiger partial charge in [0.25, 0.3) is 0 Å². The molecular weight excluding hydrogens is 258 g/mol. The Morgan fingerprint density at radius 3 is 2.68 bits per heavy atom. The molecule has 0 aliphatic rings. The van der Waals surface area contributed by atoms with Crippen LogP contribution < -0.4 is 4.74 Å². The zero-order chi connectivity index (χ0) is 13.8. The van der Waals surface area contributed by atoms with Crippen LogP contribution in [0.3, 0.4) is 0 Å². The Labute approximate surface area is 119 Å². The van der Waals surface area contributed by atoms with E-state index in [1.807, 2.05) is 13.0 Å². The maximum absolute atomic E-state index is 6.00. The third-order valence-corrected chi connectivity index (χ3v) is 3.39. The first-order chi connectivity index (χ1) is 9.11. The van der Waals surface area contributed by atoms with Crippen molar-refractivity contribution in [2.45, 2.75) is 32.6 Å². The van der Waals surface area contributed by atoms with Crippen molar-refractivity contribution in [1.29, 1.82) is 0 Å². The lowest BCUT2D eigenvalue weighted by Crippen LogP contribution is -1.95. The van der Waals surface area contributed by atoms with Crippen LogP contribution in [0.5, 0.6) is 11.5 Å². The number of alkyl halides is 1. The number of nitrogens with zero attached hydrogens (tertiary/aromatic N) is 1. The van der Waals surface area contributed by atoms with E-state index in [0.29, 0.717) is 11.8 Å². The van der Waals surface area contributed by atoms with Gasteiger partial charge in [-0.1, -0.05) is 26.0 Å². The molecule has 0 amide bonds. The van der Waals surface area contributed by atoms with Gasteiger partial charge in [0.2, 0.25) is 0 Å². The number of hydrogen-bond acceptors (Lipinski definition) is 2. The molecule has 2 nitrogen and oxygen atoms in total. The number of rotatable bonds is 4. The summed E-state index contributed by atoms with van der Waals surface area (Å²) in [6, 6.07) is 8.17. The van der Waals surface area contributed by atoms with Gasteiger partial charge in [-0.05, 0) is 36.1 Å². The summed E-state index contributed by atoms with van der Waals surface area (Å²) < 4.78 is 6.00. The Hall–Kier alpha value is -1.54. The van der Waals surface area contributed by atoms with Gasteiger partial charge >= 0.3 is 0 Å². The number of halogens is 1. The summed E-state index contributed by atoms with van der Waals surface area (Å²) in [4.78, 5) is 4.06. The standard InChI is InChI=1S/C16H18ClNO/c1-11(2)13-5-4-12(3)16(8-13)19-15-6-7-18-10-14(15)9-17/h4-8,10-11H,9H2,1-3H3. The van der Waals surface area contributed by atoms with Gasteiger partial charge in [-0.15, -0.1) is 11.6 Å². The van der Waals surface area contributed by atoms with E-state index in [1.165, 1.54) is 5.56 Å². The summed E-state index contributed by atoms with van der Waals surface area (Å²) in [5.74, 6) is 2.53. The van der Waals surface area contributed by atoms with Gasteiger partial charge in [-0.3, -0.25) is 4.98 Å². The number of hydrogen-bond donors (Lipinski definition) is 0. The third kappa shape index (κ3) is 3.27. The molecule has 19 heavy (non-hydrogen) atoms. The molecule has 0 spiro atoms. The number of pyridine rings is 1. The maximum Gasteiger partial charge on any atom is 0.134 e. The first-order valence-corrected chi connectivity index (χ1v) is 6.92. The lowest BCUT2D eigenvalue weighted by Gasteiger charge is -2.14. The van der Waals surface area contributed by atoms with Crippen LogP contribution in [0.25, 0.3) is 0 Å². The SMILES string of the molecule is Cc1ccc(C(C)C)cc1Oc1ccncc1CCl. The predicted molar refractivity (Wildman–Crippen MR) is 79.1 cm³/mol. The third-order valence-electron chi connectivity index (χ3n) is 3.10. The summed E-state index contributed by atoms with van der Waals surface area (Å²) in [7, 11) is 0. The molecule has 0 unspecified atom stereocenters. The second-order valence-electron chi connectivity index (χ2n) is 4.90. The van der Waals surface area contributed by atoms with Crippen LogP contribution in [0.2, 0.25) is 0 Å². The monoisotopic (exact) mass is 275 g/mol. The van der Waals surface area contributed by atoms with Crippen molar-refractivity contribution in [2.24, 2.45) is 0 Å². The van der Waals surface area contributed by atoms with E-state index in [4.69, 9.17) is 16.3 Å². The van der Waals surface area contributed by atoms with Crippen LogP contribution in [0.4, 0.5) is 0 Å². The topological polar surface area (TPSA) is 22.1 Å². The van der Waals surface area contributed by atoms with E-state index in [2.05, 4.69) is 37.0 Å². The molecule has 3 heteroatoms. The van der Waals surface area contributed by atoms with E-state index in [0.717, 1.165) is 22.6 Å². The van der Waals surface area contributed by atoms with Gasteiger partial charge in [0.15, 0.2) is 0 Å². The summed E-state index contributed by atoms with van der Waals surface area (Å²) in [6.45, 7) is 6.39. The second-order valence-corrected chi connectivity index (χ2v) is 5.17. The summed E-state index contributed by atoms with van der Waals surface area (Å²) >= 11 is 5.90. The molecule has 0 bridgehead atoms. The van der Waals surface area contributed by atoms with Crippen LogP contribution in [-0.4, -0.2) is 4.98 Å². The van der Waals surface area contributed by atoms with Crippen LogP contribution in [-0.2, 0) is 5.88 Å². The first-order valence-electron chi connectivity index (χ1n) is 6.39. The van der Waals surface area contributed by atoms with Crippen LogP contribution in [0.15, 0.2) is 36.7 Å². The molecule has 0 aliphatic heterocycles. The minimum absolute atomic E-state index is 0.395. The van der Waals surface area contributed by atoms with Crippen LogP contribution >= 0.6 is 11.6 Å². The van der Waals surface area contributed by atoms with Crippen molar-refractivity contribution in [1.82, 2.24) is 4.98 Å². The number of benzene rings is 1. The minimum Gasteiger partial charge on any atom is -0.457 e. The fourth-order valence-electron chi connectivity index (χ4n) is 1.82. The van der Waals surface area contributed by atoms with Gasteiger partial charge in [0.05, 0.1) is 5.88 Å². The van der Waals surface area contributed by atoms with Crippen LogP contribution in [0.1, 0.15) is 36.5 Å². The molecular formula is C16H18ClNO. The van der Waals surface area contributed by atoms with Crippen molar-refractivity contribution in [3.05, 3.63) is 53.3 Å². The van der Waals surface area contributed by atoms with Gasteiger partial charge in [-0.2, -0.15) is 0 Å². The average molecular weight is 276 g/mol. The number of aryl methyl sites for hydroxylation is 1. The van der Waals surface area contributed by atoms with E-state index >= 15 is 0 Å². The summed E-state index contributed by atoms with van der Waals surface area (Å²) in [6.07, 6.45) is 3.46. The molecule has 100 valence electrons. The highest BCUT2D eigenvalue weighted by molar-refractivity contribution is 6.17. The summed E-state index contributed by atoms with van der Waals surface area (Å²) in [5, 5.41) is 0. The average Bonchev–Trinajstić information content (AvgIpc) is 2.41. The van der Waals surface area contributed by atoms with E-state index in [-0.39, 0.29) is 0 Å². The van der Waals surface area contributed by atoms with Gasteiger partial charge in [-0.25, -0.2) is 0 Å². The van der Waals surface area contributed by atoms with Crippen molar-refractivity contribution < 1.29 is 4.74 Å². The van der Waals surface area contributed by atoms with E-state index in [1.54, 1.807) is 12.4 Å². The Morgan fingerprint density at radius 2 is 2.00 bits per heavy atom. The Bertz CT molecular complexity index is 566. The Kier molecular flexibility index (Phi) is 4.43. The molecule has 1 aromatic carbocycles. The zero-order valence-electron chi connectivity index (χ0n) is 11.5. The molecule has 0 saturated heterocycles. The number of ether oxygens (including phenoxy) is 1. The molecule has 1 aromatic heterocycles. The van der Waals surface area contributed by atoms with Crippen molar-refractivity contribution in [3.8, 4) is 11.5 Å². The first kappa shape index (κ1) is 13.9. The minimum atomic E-state index is 0.395. The molecule has 0 saturated carbocycles. The van der Waals surface area contributed by atoms with Crippen LogP contribution in [0, 0.1) is 6.92 Å². The lowest BCUT2D eigenvalue weighted by molar-refractivity contribution is 0.472. The molecule has 0 radical (unpaired) electrons. The highest BCUT2D eigenvalue weighted by atomic mass is 35.5. The maximum atomic E-state index is 6.00. The fraction of sp³-hybridized carbons (Fsp3) is 0.312. The van der Waals surface area contributed by atoms with Gasteiger partial charge in [0.1, 0.15) is 11.5 Å². The summed E-state index contributed by atoms with van der Waals surface area (Å²) in [5.41, 5.74) is 3.28. The smallest absolute Gasteiger partial charge is 0.134 e. The highest BCUT2D eigenvalue weighted by Gasteiger charge is 2.08. The molecule has 1 heterocycles. The quantitative estimate of drug-likeness (QED) is 0.729. The largest absolute Gasteiger partial charge is 0.457 e. The van der Waals surface area contributed by atoms with Crippen molar-refractivity contribution in [3.63, 3.8) is 0 Å². The molecule has 0 atom stereocenters. The van der Waals surface area contributed by atoms with Crippen molar-refractivity contribution >= 4 is 11.6 Å². The Balaban J connectivity index is 2.34. The van der Waals surface area contributed by atoms with E-state index < -0.39 is 0 Å². The molecule has 2 aromatic rings. The van der Waals surface area contributed by atoms with Gasteiger partial charge < -0.3 is 4.74 Å². The molecule has 0 fully saturated rings.